The largest absolute Gasteiger partial charge is 0.492 e. The maximum absolute atomic E-state index is 14.5. The number of anilines is 2. The second-order valence-corrected chi connectivity index (χ2v) is 10.3. The number of ether oxygens (including phenoxy) is 1. The minimum atomic E-state index is -0.918. The lowest BCUT2D eigenvalue weighted by Gasteiger charge is -2.32. The van der Waals surface area contributed by atoms with Crippen LogP contribution in [-0.2, 0) is 9.59 Å². The molecule has 206 valence electrons. The standard InChI is InChI=1S/C31H31ClN4O4/c1-3-40-26-17-20(8-11-25(26)32)27(35-21-9-10-23-19(16-21)12-14-34-29(23)33)30(37)36-15-13-24(31(38)39)28(36)22-7-5-4-6-18(22)2/h4-12,14,16-17,24,27-28,35H,3,13,15H2,1-2H3,(H2,33,34)(H,38,39)/t24-,27+,28-/m0/s1. The quantitative estimate of drug-likeness (QED) is 0.242. The van der Waals surface area contributed by atoms with Crippen LogP contribution in [0.3, 0.4) is 0 Å². The third kappa shape index (κ3) is 5.27. The molecule has 1 fully saturated rings. The van der Waals surface area contributed by atoms with Gasteiger partial charge in [0, 0.05) is 23.8 Å². The van der Waals surface area contributed by atoms with E-state index in [1.807, 2.05) is 62.4 Å². The number of nitrogen functional groups attached to an aromatic ring is 1. The van der Waals surface area contributed by atoms with E-state index in [9.17, 15) is 14.7 Å². The minimum absolute atomic E-state index is 0.240. The Balaban J connectivity index is 1.58. The average Bonchev–Trinajstić information content (AvgIpc) is 3.38. The van der Waals surface area contributed by atoms with Crippen molar-refractivity contribution in [1.82, 2.24) is 9.88 Å². The van der Waals surface area contributed by atoms with E-state index in [2.05, 4.69) is 10.3 Å². The Morgan fingerprint density at radius 3 is 2.73 bits per heavy atom. The number of carboxylic acid groups (broad SMARTS) is 1. The number of rotatable bonds is 8. The fraction of sp³-hybridized carbons (Fsp3) is 0.258. The van der Waals surface area contributed by atoms with E-state index in [0.29, 0.717) is 47.4 Å². The highest BCUT2D eigenvalue weighted by atomic mass is 35.5. The van der Waals surface area contributed by atoms with E-state index >= 15 is 0 Å². The third-order valence-corrected chi connectivity index (χ3v) is 7.76. The Morgan fingerprint density at radius 2 is 1.98 bits per heavy atom. The van der Waals surface area contributed by atoms with E-state index in [-0.39, 0.29) is 5.91 Å². The van der Waals surface area contributed by atoms with Crippen LogP contribution >= 0.6 is 11.6 Å². The molecule has 4 N–H and O–H groups in total. The molecule has 0 unspecified atom stereocenters. The molecular formula is C31H31ClN4O4. The third-order valence-electron chi connectivity index (χ3n) is 7.45. The molecule has 2 heterocycles. The molecule has 0 radical (unpaired) electrons. The van der Waals surface area contributed by atoms with Crippen LogP contribution in [0, 0.1) is 12.8 Å². The molecule has 4 aromatic rings. The van der Waals surface area contributed by atoms with Crippen LogP contribution in [0.1, 0.15) is 42.1 Å². The number of fused-ring (bicyclic) bond motifs is 1. The molecule has 3 aromatic carbocycles. The first kappa shape index (κ1) is 27.3. The SMILES string of the molecule is CCOc1cc([C@@H](Nc2ccc3c(N)nccc3c2)C(=O)N2CC[C@H](C(=O)O)[C@@H]2c2ccccc2C)ccc1Cl. The molecular weight excluding hydrogens is 528 g/mol. The van der Waals surface area contributed by atoms with Crippen LogP contribution < -0.4 is 15.8 Å². The number of amides is 1. The Labute approximate surface area is 237 Å². The van der Waals surface area contributed by atoms with E-state index in [1.54, 1.807) is 29.3 Å². The number of hydrogen-bond donors (Lipinski definition) is 3. The highest BCUT2D eigenvalue weighted by molar-refractivity contribution is 6.32. The number of nitrogens with zero attached hydrogens (tertiary/aromatic N) is 2. The summed E-state index contributed by atoms with van der Waals surface area (Å²) in [6, 6.07) is 18.9. The van der Waals surface area contributed by atoms with Crippen molar-refractivity contribution in [2.75, 3.05) is 24.2 Å². The summed E-state index contributed by atoms with van der Waals surface area (Å²) in [6.07, 6.45) is 2.00. The Morgan fingerprint density at radius 1 is 1.18 bits per heavy atom. The van der Waals surface area contributed by atoms with Gasteiger partial charge >= 0.3 is 5.97 Å². The van der Waals surface area contributed by atoms with Gasteiger partial charge < -0.3 is 25.8 Å². The summed E-state index contributed by atoms with van der Waals surface area (Å²) < 4.78 is 5.73. The topological polar surface area (TPSA) is 118 Å². The zero-order valence-corrected chi connectivity index (χ0v) is 23.1. The fourth-order valence-corrected chi connectivity index (χ4v) is 5.65. The number of pyridine rings is 1. The zero-order valence-electron chi connectivity index (χ0n) is 22.3. The van der Waals surface area contributed by atoms with Crippen LogP contribution in [0.2, 0.25) is 5.02 Å². The molecule has 1 aliphatic heterocycles. The summed E-state index contributed by atoms with van der Waals surface area (Å²) >= 11 is 6.38. The molecule has 1 aromatic heterocycles. The van der Waals surface area contributed by atoms with Crippen LogP contribution in [0.15, 0.2) is 72.9 Å². The van der Waals surface area contributed by atoms with Gasteiger partial charge in [-0.2, -0.15) is 0 Å². The number of nitrogens with two attached hydrogens (primary N) is 1. The zero-order chi connectivity index (χ0) is 28.4. The first-order chi connectivity index (χ1) is 19.3. The lowest BCUT2D eigenvalue weighted by molar-refractivity contribution is -0.143. The van der Waals surface area contributed by atoms with Gasteiger partial charge in [-0.15, -0.1) is 0 Å². The van der Waals surface area contributed by atoms with Gasteiger partial charge in [0.25, 0.3) is 0 Å². The fourth-order valence-electron chi connectivity index (χ4n) is 5.48. The van der Waals surface area contributed by atoms with Gasteiger partial charge in [0.1, 0.15) is 17.6 Å². The molecule has 0 spiro atoms. The number of nitrogens with one attached hydrogen (secondary N) is 1. The maximum atomic E-state index is 14.5. The number of aliphatic carboxylic acids is 1. The van der Waals surface area contributed by atoms with E-state index < -0.39 is 24.0 Å². The van der Waals surface area contributed by atoms with Gasteiger partial charge in [-0.1, -0.05) is 41.9 Å². The number of aromatic nitrogens is 1. The molecule has 40 heavy (non-hydrogen) atoms. The van der Waals surface area contributed by atoms with Crippen molar-refractivity contribution in [2.24, 2.45) is 5.92 Å². The Hall–Kier alpha value is -4.30. The first-order valence-electron chi connectivity index (χ1n) is 13.2. The summed E-state index contributed by atoms with van der Waals surface area (Å²) in [5.41, 5.74) is 9.16. The van der Waals surface area contributed by atoms with E-state index in [0.717, 1.165) is 21.9 Å². The normalized spacial score (nSPS) is 17.5. The predicted molar refractivity (Wildman–Crippen MR) is 157 cm³/mol. The summed E-state index contributed by atoms with van der Waals surface area (Å²) in [4.78, 5) is 32.6. The van der Waals surface area contributed by atoms with Gasteiger partial charge in [0.05, 0.1) is 23.6 Å². The van der Waals surface area contributed by atoms with Crippen LogP contribution in [0.25, 0.3) is 10.8 Å². The number of carboxylic acids is 1. The molecule has 5 rings (SSSR count). The van der Waals surface area contributed by atoms with Crippen LogP contribution in [0.5, 0.6) is 5.75 Å². The molecule has 0 bridgehead atoms. The van der Waals surface area contributed by atoms with Crippen molar-refractivity contribution in [3.05, 3.63) is 94.6 Å². The van der Waals surface area contributed by atoms with Crippen LogP contribution in [-0.4, -0.2) is 40.0 Å². The van der Waals surface area contributed by atoms with Crippen LogP contribution in [0.4, 0.5) is 11.5 Å². The van der Waals surface area contributed by atoms with Gasteiger partial charge in [-0.05, 0) is 78.7 Å². The number of hydrogen-bond acceptors (Lipinski definition) is 6. The number of halogens is 1. The molecule has 9 heteroatoms. The first-order valence-corrected chi connectivity index (χ1v) is 13.6. The lowest BCUT2D eigenvalue weighted by atomic mass is 9.90. The average molecular weight is 559 g/mol. The van der Waals surface area contributed by atoms with Gasteiger partial charge in [-0.3, -0.25) is 9.59 Å². The molecule has 0 aliphatic carbocycles. The minimum Gasteiger partial charge on any atom is -0.492 e. The summed E-state index contributed by atoms with van der Waals surface area (Å²) in [5.74, 6) is -0.978. The van der Waals surface area contributed by atoms with E-state index in [4.69, 9.17) is 22.1 Å². The lowest BCUT2D eigenvalue weighted by Crippen LogP contribution is -2.39. The van der Waals surface area contributed by atoms with Crippen molar-refractivity contribution >= 4 is 45.8 Å². The number of aryl methyl sites for hydroxylation is 1. The maximum Gasteiger partial charge on any atom is 0.309 e. The van der Waals surface area contributed by atoms with Gasteiger partial charge in [0.2, 0.25) is 5.91 Å². The van der Waals surface area contributed by atoms with Crippen molar-refractivity contribution < 1.29 is 19.4 Å². The summed E-state index contributed by atoms with van der Waals surface area (Å²) in [5, 5.41) is 15.6. The second-order valence-electron chi connectivity index (χ2n) is 9.90. The van der Waals surface area contributed by atoms with E-state index in [1.165, 1.54) is 0 Å². The molecule has 1 aliphatic rings. The van der Waals surface area contributed by atoms with Crippen molar-refractivity contribution in [2.45, 2.75) is 32.4 Å². The number of benzene rings is 3. The van der Waals surface area contributed by atoms with Crippen molar-refractivity contribution in [3.8, 4) is 5.75 Å². The number of carbonyl (C=O) groups excluding carboxylic acids is 1. The highest BCUT2D eigenvalue weighted by Gasteiger charge is 2.44. The molecule has 0 saturated carbocycles. The van der Waals surface area contributed by atoms with Gasteiger partial charge in [-0.25, -0.2) is 4.98 Å². The Kier molecular flexibility index (Phi) is 7.80. The molecule has 3 atom stereocenters. The smallest absolute Gasteiger partial charge is 0.309 e. The highest BCUT2D eigenvalue weighted by Crippen LogP contribution is 2.41. The molecule has 8 nitrogen and oxygen atoms in total. The number of carbonyl (C=O) groups is 2. The second kappa shape index (κ2) is 11.4. The number of likely N-dealkylation sites (tertiary alicyclic amines) is 1. The van der Waals surface area contributed by atoms with Gasteiger partial charge in [0.15, 0.2) is 0 Å². The molecule has 1 saturated heterocycles. The van der Waals surface area contributed by atoms with Crippen molar-refractivity contribution in [1.29, 1.82) is 0 Å². The molecule has 1 amide bonds. The predicted octanol–water partition coefficient (Wildman–Crippen LogP) is 6.01. The summed E-state index contributed by atoms with van der Waals surface area (Å²) in [6.45, 7) is 4.53. The van der Waals surface area contributed by atoms with Crippen molar-refractivity contribution in [3.63, 3.8) is 0 Å². The Bertz CT molecular complexity index is 1580. The summed E-state index contributed by atoms with van der Waals surface area (Å²) in [7, 11) is 0. The monoisotopic (exact) mass is 558 g/mol.